The monoisotopic (exact) mass is 1400 g/mol. The number of benzene rings is 3. The highest BCUT2D eigenvalue weighted by Crippen LogP contribution is 2.43. The predicted molar refractivity (Wildman–Crippen MR) is 380 cm³/mol. The fourth-order valence-electron chi connectivity index (χ4n) is 12.8. The number of aryl methyl sites for hydroxylation is 3. The van der Waals surface area contributed by atoms with Crippen LogP contribution in [0.1, 0.15) is 180 Å². The highest BCUT2D eigenvalue weighted by molar-refractivity contribution is 6.31. The van der Waals surface area contributed by atoms with Gasteiger partial charge in [-0.3, -0.25) is 9.59 Å². The first-order chi connectivity index (χ1) is 48.1. The number of nitrogens with one attached hydrogen (secondary N) is 3. The summed E-state index contributed by atoms with van der Waals surface area (Å²) in [7, 11) is 1.35. The third-order valence-electron chi connectivity index (χ3n) is 19.0. The van der Waals surface area contributed by atoms with Gasteiger partial charge in [0.2, 0.25) is 11.8 Å². The zero-order valence-corrected chi connectivity index (χ0v) is 61.1. The van der Waals surface area contributed by atoms with E-state index < -0.39 is 35.4 Å². The number of hydrogen-bond acceptors (Lipinski definition) is 21. The molecule has 4 aliphatic carbocycles. The highest BCUT2D eigenvalue weighted by atomic mass is 35.5. The number of methoxy groups -OCH3 is 1. The second-order valence-electron chi connectivity index (χ2n) is 29.6. The van der Waals surface area contributed by atoms with Gasteiger partial charge in [-0.1, -0.05) is 90.1 Å². The molecule has 6 aliphatic rings. The molecular weight excluding hydrogens is 1310 g/mol. The maximum absolute atomic E-state index is 14.1. The molecule has 4 unspecified atom stereocenters. The van der Waals surface area contributed by atoms with Crippen molar-refractivity contribution < 1.29 is 62.0 Å². The van der Waals surface area contributed by atoms with Gasteiger partial charge < -0.3 is 44.4 Å². The molecule has 101 heavy (non-hydrogen) atoms. The minimum Gasteiger partial charge on any atom is -0.476 e. The van der Waals surface area contributed by atoms with Crippen LogP contribution in [-0.4, -0.2) is 122 Å². The number of ether oxygens (including phenoxy) is 6. The van der Waals surface area contributed by atoms with Gasteiger partial charge in [-0.25, -0.2) is 34.7 Å². The Labute approximate surface area is 597 Å². The Morgan fingerprint density at radius 1 is 0.762 bits per heavy atom. The van der Waals surface area contributed by atoms with Crippen molar-refractivity contribution >= 4 is 74.8 Å². The summed E-state index contributed by atoms with van der Waals surface area (Å²) in [6.45, 7) is 29.7. The molecule has 3 aromatic carbocycles. The average molecular weight is 1400 g/mol. The molecule has 5 fully saturated rings. The Balaban J connectivity index is 0.000000194. The molecule has 3 aromatic heterocycles. The molecule has 2 aliphatic heterocycles. The number of carbonyl (C=O) groups is 3. The Morgan fingerprint density at radius 2 is 1.39 bits per heavy atom. The number of halogens is 1. The summed E-state index contributed by atoms with van der Waals surface area (Å²) in [5, 5.41) is 9.98. The largest absolute Gasteiger partial charge is 0.476 e. The van der Waals surface area contributed by atoms with Crippen LogP contribution in [0.15, 0.2) is 67.1 Å². The molecule has 1 amide bonds. The van der Waals surface area contributed by atoms with Crippen LogP contribution < -0.4 is 30.2 Å². The fourth-order valence-corrected chi connectivity index (χ4v) is 12.9. The average Bonchev–Trinajstić information content (AvgIpc) is 1.71. The molecule has 22 nitrogen and oxygen atoms in total. The van der Waals surface area contributed by atoms with Gasteiger partial charge in [0.05, 0.1) is 52.2 Å². The van der Waals surface area contributed by atoms with Gasteiger partial charge >= 0.3 is 24.4 Å². The molecule has 3 N–H and O–H groups in total. The molecule has 5 heterocycles. The smallest absolute Gasteiger partial charge is 0.407 e. The van der Waals surface area contributed by atoms with Gasteiger partial charge in [-0.05, 0) is 205 Å². The van der Waals surface area contributed by atoms with Gasteiger partial charge in [-0.15, -0.1) is 0 Å². The number of amides is 1. The molecular formula is C78H96ClN9O13. The molecule has 0 spiro atoms. The van der Waals surface area contributed by atoms with Gasteiger partial charge in [-0.2, -0.15) is 19.2 Å². The Bertz CT molecular complexity index is 4130. The van der Waals surface area contributed by atoms with Crippen LogP contribution in [0.5, 0.6) is 17.6 Å². The zero-order valence-electron chi connectivity index (χ0n) is 60.4. The molecule has 12 rings (SSSR count). The van der Waals surface area contributed by atoms with E-state index >= 15 is 0 Å². The molecule has 23 heteroatoms. The molecule has 4 saturated carbocycles. The van der Waals surface area contributed by atoms with E-state index in [0.29, 0.717) is 76.3 Å². The lowest BCUT2D eigenvalue weighted by molar-refractivity contribution is -0.193. The number of alkyl carbamates (subject to hydrolysis) is 1. The number of carbonyl (C=O) groups excluding carboxylic acids is 7. The number of unbranched alkanes of at least 4 members (excludes halogenated alkanes) is 1. The lowest BCUT2D eigenvalue weighted by Gasteiger charge is -2.34. The Kier molecular flexibility index (Phi) is 27.3. The van der Waals surface area contributed by atoms with Crippen molar-refractivity contribution in [1.29, 1.82) is 0 Å². The molecule has 6 aromatic rings. The molecule has 0 radical (unpaired) electrons. The summed E-state index contributed by atoms with van der Waals surface area (Å²) < 4.78 is 35.4. The van der Waals surface area contributed by atoms with E-state index in [0.717, 1.165) is 127 Å². The Morgan fingerprint density at radius 3 is 1.99 bits per heavy atom. The van der Waals surface area contributed by atoms with Gasteiger partial charge in [0, 0.05) is 43.8 Å². The van der Waals surface area contributed by atoms with Crippen LogP contribution in [0.2, 0.25) is 5.15 Å². The van der Waals surface area contributed by atoms with Crippen molar-refractivity contribution in [2.75, 3.05) is 13.7 Å². The van der Waals surface area contributed by atoms with Crippen molar-refractivity contribution in [3.8, 4) is 41.3 Å². The van der Waals surface area contributed by atoms with Crippen LogP contribution in [0.3, 0.4) is 0 Å². The summed E-state index contributed by atoms with van der Waals surface area (Å²) in [6.07, 6.45) is 12.5. The minimum absolute atomic E-state index is 0.00627. The standard InChI is InChI=1S/C32H39N3O5.C29H40N4O3.C15H17ClN2O.2CO2/c1-18-12-13-24-26(14-18)35-30-25(34-24)11-9-7-8-10-20-15-27(20)39-19(2)33-29(32(3,4)5)28(36)22-16-21(40-30)17-23(22)31(37)38-6;1-18-12-13-23-25(14-18)33-27(35-22-15-19(2)30-17-22)24(32-23)11-9-7-8-10-21-16-26(21)36-28(34)31-20(3)29(4,5)6;1-9-3-5-11(7-9)19-15-14(16)17-12-6-4-10(2)8-13(12)18-15;2*2-1-3/h12-14,20-23,27,29,33H,2,7-8,10,15-17H2,1,3-6H3;12-14,19-22,26,30H,7-8,10,15-17H2,1-6H3,(H,31,34);4,6,8-9,11H,3,5,7H2,1-2H3;;/t20-,21?,22?,23-,27-,29-;19-,20-,21-,22?,26-;9-,11?;;/m110../s1. The van der Waals surface area contributed by atoms with E-state index in [2.05, 4.69) is 90.8 Å². The molecule has 1 saturated heterocycles. The maximum atomic E-state index is 14.1. The summed E-state index contributed by atoms with van der Waals surface area (Å²) in [4.78, 5) is 99.6. The van der Waals surface area contributed by atoms with Crippen LogP contribution in [0.25, 0.3) is 33.1 Å². The minimum atomic E-state index is -0.636. The third kappa shape index (κ3) is 22.7. The zero-order chi connectivity index (χ0) is 73.3. The number of nitrogens with zero attached hydrogens (tertiary/aromatic N) is 6. The number of Topliss-reactive ketones (excluding diaryl/α,β-unsaturated/α-hetero) is 1. The summed E-state index contributed by atoms with van der Waals surface area (Å²) >= 11 is 6.16. The van der Waals surface area contributed by atoms with Crippen molar-refractivity contribution in [3.63, 3.8) is 0 Å². The van der Waals surface area contributed by atoms with Crippen molar-refractivity contribution in [2.24, 2.45) is 40.4 Å². The second-order valence-corrected chi connectivity index (χ2v) is 29.9. The summed E-state index contributed by atoms with van der Waals surface area (Å²) in [5.74, 6) is 14.5. The first-order valence-electron chi connectivity index (χ1n) is 35.0. The quantitative estimate of drug-likeness (QED) is 0.0652. The van der Waals surface area contributed by atoms with Crippen molar-refractivity contribution in [3.05, 3.63) is 100 Å². The van der Waals surface area contributed by atoms with E-state index in [9.17, 15) is 14.4 Å². The Hall–Kier alpha value is -9.04. The van der Waals surface area contributed by atoms with Crippen molar-refractivity contribution in [2.45, 2.75) is 222 Å². The number of hydrogen-bond donors (Lipinski definition) is 3. The first-order valence-corrected chi connectivity index (χ1v) is 35.4. The maximum Gasteiger partial charge on any atom is 0.407 e. The SMILES string of the molecule is C=C1N[C@@H](C(C)(C)C)C(=O)C2CC(C[C@H]2C(=O)OC)Oc2nc3cc(C)ccc3nc2C#CCCC[C@@H]2C[C@H]2O1.Cc1ccc2nc(C#CCCC[C@@H]3C[C@H]3OC(=O)N[C@H](C)C(C)(C)C)c(OC3CN[C@H](C)C3)nc2c1.Cc1ccc2nc(Cl)c(OC3CC[C@H](C)C3)nc2c1.O=C=O.O=C=O. The molecule has 538 valence electrons. The van der Waals surface area contributed by atoms with Crippen LogP contribution in [0.4, 0.5) is 4.79 Å². The predicted octanol–water partition coefficient (Wildman–Crippen LogP) is 13.0. The van der Waals surface area contributed by atoms with E-state index in [4.69, 9.17) is 79.1 Å². The number of rotatable bonds is 10. The van der Waals surface area contributed by atoms with Crippen LogP contribution >= 0.6 is 11.6 Å². The molecule has 13 atom stereocenters. The number of aromatic nitrogens is 6. The number of fused-ring (bicyclic) bond motifs is 7. The number of esters is 1. The van der Waals surface area contributed by atoms with Crippen LogP contribution in [-0.2, 0) is 43.0 Å². The summed E-state index contributed by atoms with van der Waals surface area (Å²) in [5.41, 5.74) is 8.75. The normalized spacial score (nSPS) is 24.5. The first kappa shape index (κ1) is 77.7. The van der Waals surface area contributed by atoms with Gasteiger partial charge in [0.25, 0.3) is 5.88 Å². The number of ketones is 1. The van der Waals surface area contributed by atoms with Gasteiger partial charge in [0.15, 0.2) is 28.2 Å². The second kappa shape index (κ2) is 35.5. The fraction of sp³-hybridized carbons (Fsp3) is 0.551. The highest BCUT2D eigenvalue weighted by Gasteiger charge is 2.49. The van der Waals surface area contributed by atoms with E-state index in [-0.39, 0.29) is 60.1 Å². The topological polar surface area (TPSA) is 288 Å². The van der Waals surface area contributed by atoms with Crippen LogP contribution in [0, 0.1) is 84.9 Å². The third-order valence-corrected chi connectivity index (χ3v) is 19.3. The summed E-state index contributed by atoms with van der Waals surface area (Å²) in [6, 6.07) is 17.8. The van der Waals surface area contributed by atoms with Crippen molar-refractivity contribution in [1.82, 2.24) is 45.9 Å². The van der Waals surface area contributed by atoms with E-state index in [1.165, 1.54) is 13.5 Å². The van der Waals surface area contributed by atoms with E-state index in [1.807, 2.05) is 103 Å². The molecule has 2 bridgehead atoms. The van der Waals surface area contributed by atoms with E-state index in [1.54, 1.807) is 0 Å². The lowest BCUT2D eigenvalue weighted by Crippen LogP contribution is -2.50. The lowest BCUT2D eigenvalue weighted by atomic mass is 9.77. The van der Waals surface area contributed by atoms with Gasteiger partial charge in [0.1, 0.15) is 30.5 Å².